The van der Waals surface area contributed by atoms with Gasteiger partial charge < -0.3 is 0 Å². The highest BCUT2D eigenvalue weighted by atomic mass is 35.5. The van der Waals surface area contributed by atoms with E-state index in [-0.39, 0.29) is 5.78 Å². The van der Waals surface area contributed by atoms with Gasteiger partial charge in [0.1, 0.15) is 0 Å². The molecular weight excluding hydrogens is 270 g/mol. The molecule has 0 aromatic heterocycles. The third-order valence-electron chi connectivity index (χ3n) is 5.09. The second-order valence-electron chi connectivity index (χ2n) is 6.42. The van der Waals surface area contributed by atoms with E-state index in [4.69, 9.17) is 11.6 Å². The maximum absolute atomic E-state index is 12.3. The van der Waals surface area contributed by atoms with Crippen LogP contribution in [0.4, 0.5) is 0 Å². The van der Waals surface area contributed by atoms with Crippen molar-refractivity contribution in [3.05, 3.63) is 34.9 Å². The minimum absolute atomic E-state index is 0.190. The first-order chi connectivity index (χ1) is 9.67. The van der Waals surface area contributed by atoms with Crippen molar-refractivity contribution >= 4 is 17.4 Å². The van der Waals surface area contributed by atoms with E-state index in [2.05, 4.69) is 4.90 Å². The molecule has 20 heavy (non-hydrogen) atoms. The van der Waals surface area contributed by atoms with Gasteiger partial charge in [-0.1, -0.05) is 36.6 Å². The van der Waals surface area contributed by atoms with Gasteiger partial charge in [0, 0.05) is 10.6 Å². The minimum atomic E-state index is 0.190. The van der Waals surface area contributed by atoms with Gasteiger partial charge in [0.2, 0.25) is 0 Å². The Bertz CT molecular complexity index is 484. The van der Waals surface area contributed by atoms with Crippen molar-refractivity contribution in [3.63, 3.8) is 0 Å². The van der Waals surface area contributed by atoms with Gasteiger partial charge in [0.15, 0.2) is 5.78 Å². The largest absolute Gasteiger partial charge is 0.296 e. The monoisotopic (exact) mass is 291 g/mol. The highest BCUT2D eigenvalue weighted by Crippen LogP contribution is 2.46. The molecule has 0 unspecified atom stereocenters. The summed E-state index contributed by atoms with van der Waals surface area (Å²) in [6.07, 6.45) is 8.17. The summed E-state index contributed by atoms with van der Waals surface area (Å²) in [4.78, 5) is 14.6. The Morgan fingerprint density at radius 2 is 1.85 bits per heavy atom. The van der Waals surface area contributed by atoms with E-state index in [1.165, 1.54) is 38.5 Å². The zero-order valence-corrected chi connectivity index (χ0v) is 12.7. The average molecular weight is 292 g/mol. The predicted octanol–water partition coefficient (Wildman–Crippen LogP) is 4.18. The van der Waals surface area contributed by atoms with Gasteiger partial charge in [0.25, 0.3) is 0 Å². The lowest BCUT2D eigenvalue weighted by Gasteiger charge is -2.39. The summed E-state index contributed by atoms with van der Waals surface area (Å²) in [5.41, 5.74) is 1.36. The van der Waals surface area contributed by atoms with Crippen LogP contribution >= 0.6 is 11.6 Å². The maximum Gasteiger partial charge on any atom is 0.176 e. The molecule has 1 spiro atoms. The molecule has 1 aromatic carbocycles. The number of rotatable bonds is 3. The zero-order valence-electron chi connectivity index (χ0n) is 11.9. The first-order valence-corrected chi connectivity index (χ1v) is 8.06. The highest BCUT2D eigenvalue weighted by Gasteiger charge is 2.37. The number of hydrogen-bond donors (Lipinski definition) is 0. The summed E-state index contributed by atoms with van der Waals surface area (Å²) in [5, 5.41) is 0.638. The molecule has 0 radical (unpaired) electrons. The molecule has 1 aliphatic carbocycles. The molecule has 2 fully saturated rings. The highest BCUT2D eigenvalue weighted by molar-refractivity contribution is 6.31. The van der Waals surface area contributed by atoms with Crippen LogP contribution in [0.5, 0.6) is 0 Å². The number of halogens is 1. The predicted molar refractivity (Wildman–Crippen MR) is 82.4 cm³/mol. The third kappa shape index (κ3) is 3.07. The first-order valence-electron chi connectivity index (χ1n) is 7.68. The topological polar surface area (TPSA) is 20.3 Å². The lowest BCUT2D eigenvalue weighted by Crippen LogP contribution is -2.41. The molecule has 1 aromatic rings. The fourth-order valence-electron chi connectivity index (χ4n) is 3.77. The van der Waals surface area contributed by atoms with Crippen LogP contribution in [0.1, 0.15) is 48.9 Å². The van der Waals surface area contributed by atoms with Crippen molar-refractivity contribution < 1.29 is 4.79 Å². The van der Waals surface area contributed by atoms with E-state index in [1.807, 2.05) is 18.2 Å². The molecular formula is C17H22ClNO. The van der Waals surface area contributed by atoms with Crippen molar-refractivity contribution in [2.24, 2.45) is 5.41 Å². The summed E-state index contributed by atoms with van der Waals surface area (Å²) < 4.78 is 0. The van der Waals surface area contributed by atoms with Crippen molar-refractivity contribution in [2.45, 2.75) is 38.5 Å². The van der Waals surface area contributed by atoms with Gasteiger partial charge in [-0.05, 0) is 56.3 Å². The maximum atomic E-state index is 12.3. The van der Waals surface area contributed by atoms with Crippen molar-refractivity contribution in [1.82, 2.24) is 4.90 Å². The van der Waals surface area contributed by atoms with Crippen LogP contribution in [-0.4, -0.2) is 30.3 Å². The molecule has 3 rings (SSSR count). The first kappa shape index (κ1) is 14.1. The number of piperidine rings is 1. The Morgan fingerprint density at radius 1 is 1.15 bits per heavy atom. The molecule has 0 atom stereocenters. The van der Waals surface area contributed by atoms with Gasteiger partial charge >= 0.3 is 0 Å². The second kappa shape index (κ2) is 5.87. The molecule has 0 amide bonds. The molecule has 1 aliphatic heterocycles. The molecule has 1 saturated heterocycles. The quantitative estimate of drug-likeness (QED) is 0.779. The third-order valence-corrected chi connectivity index (χ3v) is 5.33. The van der Waals surface area contributed by atoms with Crippen LogP contribution in [0.15, 0.2) is 24.3 Å². The van der Waals surface area contributed by atoms with Crippen molar-refractivity contribution in [3.8, 4) is 0 Å². The number of carbonyl (C=O) groups is 1. The summed E-state index contributed by atoms with van der Waals surface area (Å²) >= 11 is 5.95. The number of benzene rings is 1. The molecule has 2 aliphatic rings. The summed E-state index contributed by atoms with van der Waals surface area (Å²) in [7, 11) is 0. The van der Waals surface area contributed by atoms with Gasteiger partial charge in [-0.2, -0.15) is 0 Å². The van der Waals surface area contributed by atoms with E-state index in [9.17, 15) is 4.79 Å². The number of hydrogen-bond acceptors (Lipinski definition) is 2. The van der Waals surface area contributed by atoms with Crippen LogP contribution in [0.3, 0.4) is 0 Å². The minimum Gasteiger partial charge on any atom is -0.296 e. The number of nitrogens with zero attached hydrogens (tertiary/aromatic N) is 1. The Hall–Kier alpha value is -0.860. The number of likely N-dealkylation sites (tertiary alicyclic amines) is 1. The summed E-state index contributed by atoms with van der Waals surface area (Å²) in [6, 6.07) is 7.28. The smallest absolute Gasteiger partial charge is 0.176 e. The molecule has 108 valence electrons. The molecule has 0 N–H and O–H groups in total. The fourth-order valence-corrected chi connectivity index (χ4v) is 3.96. The molecule has 2 nitrogen and oxygen atoms in total. The lowest BCUT2D eigenvalue weighted by molar-refractivity contribution is 0.0797. The molecule has 1 saturated carbocycles. The number of ketones is 1. The lowest BCUT2D eigenvalue weighted by atomic mass is 9.77. The second-order valence-corrected chi connectivity index (χ2v) is 6.85. The molecule has 1 heterocycles. The standard InChI is InChI=1S/C17H22ClNO/c18-15-5-3-4-14(12-15)16(20)13-19-10-8-17(9-11-19)6-1-2-7-17/h3-5,12H,1-2,6-11,13H2. The normalized spacial score (nSPS) is 22.2. The Morgan fingerprint density at radius 3 is 2.50 bits per heavy atom. The van der Waals surface area contributed by atoms with Crippen LogP contribution in [-0.2, 0) is 0 Å². The molecule has 3 heteroatoms. The van der Waals surface area contributed by atoms with Crippen LogP contribution in [0.2, 0.25) is 5.02 Å². The number of Topliss-reactive ketones (excluding diaryl/α,β-unsaturated/α-hetero) is 1. The van der Waals surface area contributed by atoms with E-state index >= 15 is 0 Å². The average Bonchev–Trinajstić information content (AvgIpc) is 2.90. The van der Waals surface area contributed by atoms with E-state index in [1.54, 1.807) is 6.07 Å². The Labute approximate surface area is 126 Å². The SMILES string of the molecule is O=C(CN1CCC2(CCCC2)CC1)c1cccc(Cl)c1. The van der Waals surface area contributed by atoms with Crippen molar-refractivity contribution in [2.75, 3.05) is 19.6 Å². The van der Waals surface area contributed by atoms with E-state index < -0.39 is 0 Å². The number of carbonyl (C=O) groups excluding carboxylic acids is 1. The van der Waals surface area contributed by atoms with E-state index in [0.29, 0.717) is 17.0 Å². The zero-order chi connectivity index (χ0) is 14.0. The van der Waals surface area contributed by atoms with Crippen LogP contribution in [0, 0.1) is 5.41 Å². The van der Waals surface area contributed by atoms with Gasteiger partial charge in [-0.25, -0.2) is 0 Å². The fraction of sp³-hybridized carbons (Fsp3) is 0.588. The summed E-state index contributed by atoms with van der Waals surface area (Å²) in [5.74, 6) is 0.190. The Balaban J connectivity index is 1.55. The van der Waals surface area contributed by atoms with E-state index in [0.717, 1.165) is 18.7 Å². The molecule has 0 bridgehead atoms. The van der Waals surface area contributed by atoms with Gasteiger partial charge in [-0.3, -0.25) is 9.69 Å². The van der Waals surface area contributed by atoms with Crippen LogP contribution < -0.4 is 0 Å². The van der Waals surface area contributed by atoms with Crippen LogP contribution in [0.25, 0.3) is 0 Å². The van der Waals surface area contributed by atoms with Gasteiger partial charge in [0.05, 0.1) is 6.54 Å². The summed E-state index contributed by atoms with van der Waals surface area (Å²) in [6.45, 7) is 2.69. The van der Waals surface area contributed by atoms with Gasteiger partial charge in [-0.15, -0.1) is 0 Å². The van der Waals surface area contributed by atoms with Crippen molar-refractivity contribution in [1.29, 1.82) is 0 Å². The Kier molecular flexibility index (Phi) is 4.13.